The van der Waals surface area contributed by atoms with Crippen LogP contribution in [0.1, 0.15) is 5.69 Å². The summed E-state index contributed by atoms with van der Waals surface area (Å²) in [5.41, 5.74) is 1.44. The highest BCUT2D eigenvalue weighted by Gasteiger charge is 2.00. The molecule has 0 aliphatic heterocycles. The number of hydrogen-bond acceptors (Lipinski definition) is 1. The van der Waals surface area contributed by atoms with Crippen molar-refractivity contribution in [3.63, 3.8) is 0 Å². The van der Waals surface area contributed by atoms with Crippen LogP contribution in [0.25, 0.3) is 10.9 Å². The second-order valence-corrected chi connectivity index (χ2v) is 2.33. The van der Waals surface area contributed by atoms with Gasteiger partial charge >= 0.3 is 0 Å². The van der Waals surface area contributed by atoms with E-state index in [4.69, 9.17) is 0 Å². The summed E-state index contributed by atoms with van der Waals surface area (Å²) in [4.78, 5) is 6.89. The van der Waals surface area contributed by atoms with Gasteiger partial charge in [-0.2, -0.15) is 0 Å². The molecule has 2 rings (SSSR count). The molecule has 0 amide bonds. The number of hydrogen-bond donors (Lipinski definition) is 1. The highest BCUT2D eigenvalue weighted by Crippen LogP contribution is 2.15. The molecule has 0 bridgehead atoms. The largest absolute Gasteiger partial charge is 0.361 e. The molecule has 1 N–H and O–H groups in total. The average molecular weight is 150 g/mol. The molecule has 3 heteroatoms. The molecule has 11 heavy (non-hydrogen) atoms. The number of nitrogens with zero attached hydrogens (tertiary/aromatic N) is 1. The lowest BCUT2D eigenvalue weighted by Crippen LogP contribution is -1.84. The monoisotopic (exact) mass is 150 g/mol. The summed E-state index contributed by atoms with van der Waals surface area (Å²) in [6, 6.07) is 3.66. The Hall–Kier alpha value is -1.38. The quantitative estimate of drug-likeness (QED) is 0.662. The third kappa shape index (κ3) is 0.888. The zero-order valence-corrected chi connectivity index (χ0v) is 5.84. The zero-order valence-electron chi connectivity index (χ0n) is 5.84. The van der Waals surface area contributed by atoms with Crippen molar-refractivity contribution in [1.29, 1.82) is 0 Å². The van der Waals surface area contributed by atoms with Crippen LogP contribution in [0.5, 0.6) is 0 Å². The Kier molecular flexibility index (Phi) is 1.35. The molecule has 0 aromatic carbocycles. The first-order chi connectivity index (χ1) is 5.42. The summed E-state index contributed by atoms with van der Waals surface area (Å²) >= 11 is 0. The van der Waals surface area contributed by atoms with Crippen molar-refractivity contribution in [3.05, 3.63) is 30.2 Å². The predicted molar refractivity (Wildman–Crippen MR) is 40.9 cm³/mol. The molecular weight excluding hydrogens is 143 g/mol. The lowest BCUT2D eigenvalue weighted by atomic mass is 10.2. The fraction of sp³-hybridized carbons (Fsp3) is 0.125. The lowest BCUT2D eigenvalue weighted by Gasteiger charge is -1.93. The van der Waals surface area contributed by atoms with Crippen LogP contribution in [0.2, 0.25) is 0 Å². The normalized spacial score (nSPS) is 10.6. The van der Waals surface area contributed by atoms with Gasteiger partial charge < -0.3 is 4.98 Å². The van der Waals surface area contributed by atoms with E-state index in [0.29, 0.717) is 5.69 Å². The van der Waals surface area contributed by atoms with E-state index in [1.54, 1.807) is 12.4 Å². The van der Waals surface area contributed by atoms with Crippen molar-refractivity contribution >= 4 is 10.9 Å². The summed E-state index contributed by atoms with van der Waals surface area (Å²) < 4.78 is 12.3. The molecule has 2 nitrogen and oxygen atoms in total. The molecule has 0 aliphatic rings. The van der Waals surface area contributed by atoms with Gasteiger partial charge in [-0.1, -0.05) is 0 Å². The van der Waals surface area contributed by atoms with Crippen LogP contribution in [0.4, 0.5) is 4.39 Å². The van der Waals surface area contributed by atoms with E-state index in [0.717, 1.165) is 10.9 Å². The fourth-order valence-corrected chi connectivity index (χ4v) is 1.15. The smallest absolute Gasteiger partial charge is 0.132 e. The summed E-state index contributed by atoms with van der Waals surface area (Å²) in [7, 11) is 0. The van der Waals surface area contributed by atoms with Gasteiger partial charge in [-0.25, -0.2) is 4.39 Å². The number of H-pyrrole nitrogens is 1. The average Bonchev–Trinajstić information content (AvgIpc) is 2.50. The Bertz CT molecular complexity index is 367. The summed E-state index contributed by atoms with van der Waals surface area (Å²) in [5.74, 6) is 0. The van der Waals surface area contributed by atoms with E-state index in [2.05, 4.69) is 9.97 Å². The van der Waals surface area contributed by atoms with Gasteiger partial charge in [-0.3, -0.25) is 4.98 Å². The van der Waals surface area contributed by atoms with E-state index in [1.807, 2.05) is 12.1 Å². The summed E-state index contributed by atoms with van der Waals surface area (Å²) in [6.45, 7) is -0.505. The van der Waals surface area contributed by atoms with Gasteiger partial charge in [0.1, 0.15) is 6.67 Å². The Morgan fingerprint density at radius 3 is 3.18 bits per heavy atom. The Balaban J connectivity index is 2.79. The third-order valence-corrected chi connectivity index (χ3v) is 1.69. The van der Waals surface area contributed by atoms with Gasteiger partial charge in [-0.05, 0) is 12.1 Å². The second-order valence-electron chi connectivity index (χ2n) is 2.33. The number of pyridine rings is 1. The molecule has 2 aromatic rings. The highest BCUT2D eigenvalue weighted by molar-refractivity contribution is 5.81. The minimum Gasteiger partial charge on any atom is -0.361 e. The molecule has 0 spiro atoms. The lowest BCUT2D eigenvalue weighted by molar-refractivity contribution is 0.479. The first-order valence-electron chi connectivity index (χ1n) is 3.39. The Morgan fingerprint density at radius 1 is 1.45 bits per heavy atom. The van der Waals surface area contributed by atoms with Crippen LogP contribution in [0.3, 0.4) is 0 Å². The van der Waals surface area contributed by atoms with Gasteiger partial charge in [0, 0.05) is 23.3 Å². The SMILES string of the molecule is FCc1nccc2[nH]ccc12. The van der Waals surface area contributed by atoms with Crippen molar-refractivity contribution < 1.29 is 4.39 Å². The molecule has 0 aliphatic carbocycles. The van der Waals surface area contributed by atoms with Crippen LogP contribution in [-0.4, -0.2) is 9.97 Å². The van der Waals surface area contributed by atoms with Crippen LogP contribution in [0, 0.1) is 0 Å². The molecular formula is C8H7FN2. The molecule has 0 fully saturated rings. The zero-order chi connectivity index (χ0) is 7.68. The topological polar surface area (TPSA) is 28.7 Å². The van der Waals surface area contributed by atoms with Crippen molar-refractivity contribution in [1.82, 2.24) is 9.97 Å². The van der Waals surface area contributed by atoms with Crippen LogP contribution < -0.4 is 0 Å². The van der Waals surface area contributed by atoms with Crippen LogP contribution >= 0.6 is 0 Å². The number of aromatic amines is 1. The van der Waals surface area contributed by atoms with Gasteiger partial charge in [0.15, 0.2) is 0 Å². The van der Waals surface area contributed by atoms with Crippen LogP contribution in [-0.2, 0) is 6.67 Å². The van der Waals surface area contributed by atoms with Crippen LogP contribution in [0.15, 0.2) is 24.5 Å². The van der Waals surface area contributed by atoms with Gasteiger partial charge in [0.2, 0.25) is 0 Å². The maximum atomic E-state index is 12.3. The predicted octanol–water partition coefficient (Wildman–Crippen LogP) is 2.03. The minimum atomic E-state index is -0.505. The van der Waals surface area contributed by atoms with Crippen molar-refractivity contribution in [2.75, 3.05) is 0 Å². The van der Waals surface area contributed by atoms with E-state index < -0.39 is 6.67 Å². The van der Waals surface area contributed by atoms with Gasteiger partial charge in [0.05, 0.1) is 5.69 Å². The van der Waals surface area contributed by atoms with E-state index in [1.165, 1.54) is 0 Å². The first-order valence-corrected chi connectivity index (χ1v) is 3.39. The van der Waals surface area contributed by atoms with E-state index >= 15 is 0 Å². The number of fused-ring (bicyclic) bond motifs is 1. The van der Waals surface area contributed by atoms with E-state index in [-0.39, 0.29) is 0 Å². The molecule has 0 saturated carbocycles. The maximum absolute atomic E-state index is 12.3. The number of aromatic nitrogens is 2. The molecule has 0 radical (unpaired) electrons. The number of halogens is 1. The summed E-state index contributed by atoms with van der Waals surface area (Å²) in [6.07, 6.45) is 3.39. The van der Waals surface area contributed by atoms with Gasteiger partial charge in [-0.15, -0.1) is 0 Å². The fourth-order valence-electron chi connectivity index (χ4n) is 1.15. The van der Waals surface area contributed by atoms with Gasteiger partial charge in [0.25, 0.3) is 0 Å². The molecule has 2 heterocycles. The number of alkyl halides is 1. The standard InChI is InChI=1S/C8H7FN2/c9-5-8-6-1-3-10-7(6)2-4-11-8/h1-4,10H,5H2. The highest BCUT2D eigenvalue weighted by atomic mass is 19.1. The first kappa shape index (κ1) is 6.34. The van der Waals surface area contributed by atoms with Crippen molar-refractivity contribution in [3.8, 4) is 0 Å². The molecule has 2 aromatic heterocycles. The molecule has 0 unspecified atom stereocenters. The number of nitrogens with one attached hydrogen (secondary N) is 1. The third-order valence-electron chi connectivity index (χ3n) is 1.69. The van der Waals surface area contributed by atoms with Crippen molar-refractivity contribution in [2.24, 2.45) is 0 Å². The van der Waals surface area contributed by atoms with E-state index in [9.17, 15) is 4.39 Å². The molecule has 0 atom stereocenters. The molecule has 0 saturated heterocycles. The Labute approximate surface area is 63.1 Å². The number of rotatable bonds is 1. The molecule has 56 valence electrons. The summed E-state index contributed by atoms with van der Waals surface area (Å²) in [5, 5.41) is 0.870. The Morgan fingerprint density at radius 2 is 2.36 bits per heavy atom. The second kappa shape index (κ2) is 2.34. The minimum absolute atomic E-state index is 0.503. The van der Waals surface area contributed by atoms with Crippen molar-refractivity contribution in [2.45, 2.75) is 6.67 Å². The maximum Gasteiger partial charge on any atom is 0.132 e.